The molecule has 0 aliphatic rings. The Balaban J connectivity index is 3.06. The van der Waals surface area contributed by atoms with Crippen molar-refractivity contribution in [2.75, 3.05) is 5.75 Å². The quantitative estimate of drug-likeness (QED) is 0.546. The number of hydrogen-bond donors (Lipinski definition) is 0. The summed E-state index contributed by atoms with van der Waals surface area (Å²) in [5, 5.41) is 0.821. The first-order valence-electron chi connectivity index (χ1n) is 3.54. The van der Waals surface area contributed by atoms with Crippen LogP contribution < -0.4 is 0 Å². The van der Waals surface area contributed by atoms with Crippen LogP contribution in [0.2, 0.25) is 0 Å². The molecule has 1 heteroatoms. The molecule has 0 spiro atoms. The molecule has 0 heterocycles. The summed E-state index contributed by atoms with van der Waals surface area (Å²) in [5.74, 6) is 1.17. The van der Waals surface area contributed by atoms with Crippen LogP contribution in [-0.2, 0) is 0 Å². The molecule has 0 nitrogen and oxygen atoms in total. The van der Waals surface area contributed by atoms with E-state index in [9.17, 15) is 0 Å². The van der Waals surface area contributed by atoms with Crippen molar-refractivity contribution >= 4 is 11.8 Å². The summed E-state index contributed by atoms with van der Waals surface area (Å²) in [6, 6.07) is 0. The van der Waals surface area contributed by atoms with E-state index in [1.54, 1.807) is 0 Å². The molecule has 54 valence electrons. The molecule has 0 N–H and O–H groups in total. The highest BCUT2D eigenvalue weighted by atomic mass is 32.2. The van der Waals surface area contributed by atoms with Gasteiger partial charge in [0.05, 0.1) is 0 Å². The first-order chi connectivity index (χ1) is 4.31. The standard InChI is InChI=1S/C8H16S/c1-4-6-7-9-8(3)5-2/h4,6,8H,5,7H2,1-3H3. The third kappa shape index (κ3) is 5.97. The Morgan fingerprint density at radius 1 is 1.56 bits per heavy atom. The second-order valence-corrected chi connectivity index (χ2v) is 3.59. The Labute approximate surface area is 62.7 Å². The van der Waals surface area contributed by atoms with E-state index >= 15 is 0 Å². The van der Waals surface area contributed by atoms with E-state index in [4.69, 9.17) is 0 Å². The first kappa shape index (κ1) is 9.09. The lowest BCUT2D eigenvalue weighted by atomic mass is 10.4. The summed E-state index contributed by atoms with van der Waals surface area (Å²) < 4.78 is 0. The van der Waals surface area contributed by atoms with Crippen LogP contribution in [0.4, 0.5) is 0 Å². The maximum absolute atomic E-state index is 2.27. The van der Waals surface area contributed by atoms with Crippen molar-refractivity contribution in [2.24, 2.45) is 0 Å². The average molecular weight is 144 g/mol. The maximum atomic E-state index is 2.27. The largest absolute Gasteiger partial charge is 0.155 e. The van der Waals surface area contributed by atoms with Crippen molar-refractivity contribution in [3.05, 3.63) is 12.2 Å². The molecular weight excluding hydrogens is 128 g/mol. The van der Waals surface area contributed by atoms with Crippen LogP contribution in [0.1, 0.15) is 27.2 Å². The van der Waals surface area contributed by atoms with Crippen LogP contribution in [-0.4, -0.2) is 11.0 Å². The zero-order chi connectivity index (χ0) is 7.11. The molecule has 9 heavy (non-hydrogen) atoms. The average Bonchev–Trinajstić information content (AvgIpc) is 1.89. The second kappa shape index (κ2) is 6.21. The van der Waals surface area contributed by atoms with Gasteiger partial charge in [0.25, 0.3) is 0 Å². The van der Waals surface area contributed by atoms with Gasteiger partial charge < -0.3 is 0 Å². The molecule has 1 unspecified atom stereocenters. The summed E-state index contributed by atoms with van der Waals surface area (Å²) in [4.78, 5) is 0. The van der Waals surface area contributed by atoms with Crippen molar-refractivity contribution in [1.29, 1.82) is 0 Å². The van der Waals surface area contributed by atoms with Crippen molar-refractivity contribution in [3.63, 3.8) is 0 Å². The zero-order valence-corrected chi connectivity index (χ0v) is 7.37. The van der Waals surface area contributed by atoms with Crippen LogP contribution in [0.3, 0.4) is 0 Å². The van der Waals surface area contributed by atoms with Gasteiger partial charge in [0.1, 0.15) is 0 Å². The van der Waals surface area contributed by atoms with E-state index in [-0.39, 0.29) is 0 Å². The van der Waals surface area contributed by atoms with Gasteiger partial charge in [-0.2, -0.15) is 11.8 Å². The van der Waals surface area contributed by atoms with E-state index in [0.717, 1.165) is 5.25 Å². The molecule has 0 aromatic heterocycles. The lowest BCUT2D eigenvalue weighted by Crippen LogP contribution is -1.92. The molecule has 0 aliphatic heterocycles. The zero-order valence-electron chi connectivity index (χ0n) is 6.55. The molecular formula is C8H16S. The first-order valence-corrected chi connectivity index (χ1v) is 4.58. The van der Waals surface area contributed by atoms with E-state index in [1.165, 1.54) is 12.2 Å². The Bertz CT molecular complexity index is 76.6. The Hall–Kier alpha value is 0.0900. The predicted octanol–water partition coefficient (Wildman–Crippen LogP) is 3.09. The molecule has 1 atom stereocenters. The Morgan fingerprint density at radius 2 is 2.22 bits per heavy atom. The minimum Gasteiger partial charge on any atom is -0.155 e. The van der Waals surface area contributed by atoms with Crippen molar-refractivity contribution < 1.29 is 0 Å². The predicted molar refractivity (Wildman–Crippen MR) is 47.0 cm³/mol. The second-order valence-electron chi connectivity index (χ2n) is 2.12. The maximum Gasteiger partial charge on any atom is 0.0115 e. The summed E-state index contributed by atoms with van der Waals surface area (Å²) >= 11 is 2.01. The molecule has 0 rings (SSSR count). The van der Waals surface area contributed by atoms with Gasteiger partial charge in [-0.25, -0.2) is 0 Å². The SMILES string of the molecule is CC=CCSC(C)CC. The highest BCUT2D eigenvalue weighted by molar-refractivity contribution is 8.00. The van der Waals surface area contributed by atoms with Crippen LogP contribution in [0.5, 0.6) is 0 Å². The summed E-state index contributed by atoms with van der Waals surface area (Å²) in [7, 11) is 0. The van der Waals surface area contributed by atoms with Crippen LogP contribution >= 0.6 is 11.8 Å². The van der Waals surface area contributed by atoms with E-state index in [0.29, 0.717) is 0 Å². The highest BCUT2D eigenvalue weighted by Crippen LogP contribution is 2.12. The van der Waals surface area contributed by atoms with Crippen molar-refractivity contribution in [2.45, 2.75) is 32.4 Å². The fraction of sp³-hybridized carbons (Fsp3) is 0.750. The van der Waals surface area contributed by atoms with Crippen molar-refractivity contribution in [3.8, 4) is 0 Å². The van der Waals surface area contributed by atoms with Crippen LogP contribution in [0.25, 0.3) is 0 Å². The summed E-state index contributed by atoms with van der Waals surface area (Å²) in [6.45, 7) is 6.57. The highest BCUT2D eigenvalue weighted by Gasteiger charge is 1.94. The summed E-state index contributed by atoms with van der Waals surface area (Å²) in [5.41, 5.74) is 0. The lowest BCUT2D eigenvalue weighted by molar-refractivity contribution is 0.907. The monoisotopic (exact) mass is 144 g/mol. The minimum atomic E-state index is 0.821. The molecule has 0 fully saturated rings. The molecule has 0 bridgehead atoms. The molecule has 0 aromatic rings. The normalized spacial score (nSPS) is 14.6. The fourth-order valence-electron chi connectivity index (χ4n) is 0.434. The summed E-state index contributed by atoms with van der Waals surface area (Å²) in [6.07, 6.45) is 5.59. The van der Waals surface area contributed by atoms with Gasteiger partial charge in [-0.15, -0.1) is 0 Å². The molecule has 0 aromatic carbocycles. The molecule has 0 saturated carbocycles. The fourth-order valence-corrected chi connectivity index (χ4v) is 1.30. The Kier molecular flexibility index (Phi) is 6.28. The third-order valence-corrected chi connectivity index (χ3v) is 2.57. The van der Waals surface area contributed by atoms with Gasteiger partial charge in [0.2, 0.25) is 0 Å². The van der Waals surface area contributed by atoms with Gasteiger partial charge in [-0.3, -0.25) is 0 Å². The van der Waals surface area contributed by atoms with Crippen LogP contribution in [0, 0.1) is 0 Å². The number of allylic oxidation sites excluding steroid dienone is 1. The lowest BCUT2D eigenvalue weighted by Gasteiger charge is -2.03. The smallest absolute Gasteiger partial charge is 0.0115 e. The van der Waals surface area contributed by atoms with E-state index in [2.05, 4.69) is 32.9 Å². The molecule has 0 aliphatic carbocycles. The molecule has 0 radical (unpaired) electrons. The van der Waals surface area contributed by atoms with Gasteiger partial charge in [0, 0.05) is 11.0 Å². The Morgan fingerprint density at radius 3 is 2.67 bits per heavy atom. The number of rotatable bonds is 4. The van der Waals surface area contributed by atoms with Gasteiger partial charge in [0.15, 0.2) is 0 Å². The van der Waals surface area contributed by atoms with Gasteiger partial charge in [-0.1, -0.05) is 26.0 Å². The number of thioether (sulfide) groups is 1. The third-order valence-electron chi connectivity index (χ3n) is 1.29. The topological polar surface area (TPSA) is 0 Å². The van der Waals surface area contributed by atoms with Gasteiger partial charge >= 0.3 is 0 Å². The van der Waals surface area contributed by atoms with Crippen LogP contribution in [0.15, 0.2) is 12.2 Å². The van der Waals surface area contributed by atoms with Gasteiger partial charge in [-0.05, 0) is 13.3 Å². The van der Waals surface area contributed by atoms with E-state index < -0.39 is 0 Å². The minimum absolute atomic E-state index is 0.821. The molecule has 0 saturated heterocycles. The van der Waals surface area contributed by atoms with E-state index in [1.807, 2.05) is 11.8 Å². The van der Waals surface area contributed by atoms with Crippen molar-refractivity contribution in [1.82, 2.24) is 0 Å². The molecule has 0 amide bonds. The number of hydrogen-bond acceptors (Lipinski definition) is 1.